The summed E-state index contributed by atoms with van der Waals surface area (Å²) in [6, 6.07) is 5.68. The minimum Gasteiger partial charge on any atom is -0.490 e. The van der Waals surface area contributed by atoms with E-state index in [2.05, 4.69) is 5.32 Å². The van der Waals surface area contributed by atoms with E-state index < -0.39 is 0 Å². The molecule has 224 valence electrons. The third-order valence-electron chi connectivity index (χ3n) is 7.84. The topological polar surface area (TPSA) is 98.8 Å². The molecule has 2 aliphatic heterocycles. The molecule has 4 rings (SSSR count). The van der Waals surface area contributed by atoms with Gasteiger partial charge in [0.05, 0.1) is 26.4 Å². The van der Waals surface area contributed by atoms with E-state index in [9.17, 15) is 9.59 Å². The maximum absolute atomic E-state index is 13.8. The van der Waals surface area contributed by atoms with Gasteiger partial charge in [-0.3, -0.25) is 4.79 Å². The molecule has 10 nitrogen and oxygen atoms in total. The van der Waals surface area contributed by atoms with E-state index in [0.29, 0.717) is 63.2 Å². The number of nitrogens with zero attached hydrogens (tertiary/aromatic N) is 2. The van der Waals surface area contributed by atoms with E-state index in [1.54, 1.807) is 13.2 Å². The van der Waals surface area contributed by atoms with Gasteiger partial charge in [-0.15, -0.1) is 0 Å². The van der Waals surface area contributed by atoms with Gasteiger partial charge in [0.15, 0.2) is 11.5 Å². The Balaban J connectivity index is 1.42. The van der Waals surface area contributed by atoms with Gasteiger partial charge >= 0.3 is 6.09 Å². The lowest BCUT2D eigenvalue weighted by atomic mass is 9.94. The molecule has 40 heavy (non-hydrogen) atoms. The molecule has 0 radical (unpaired) electrons. The number of carbonyl (C=O) groups excluding carboxylic acids is 2. The quantitative estimate of drug-likeness (QED) is 0.325. The van der Waals surface area contributed by atoms with E-state index in [1.807, 2.05) is 42.7 Å². The van der Waals surface area contributed by atoms with Gasteiger partial charge in [0, 0.05) is 70.4 Å². The van der Waals surface area contributed by atoms with Crippen LogP contribution in [-0.2, 0) is 14.2 Å². The molecule has 0 bridgehead atoms. The minimum absolute atomic E-state index is 0.0123. The van der Waals surface area contributed by atoms with Crippen LogP contribution in [0.15, 0.2) is 18.2 Å². The Morgan fingerprint density at radius 2 is 1.82 bits per heavy atom. The fourth-order valence-corrected chi connectivity index (χ4v) is 5.40. The number of rotatable bonds is 15. The van der Waals surface area contributed by atoms with Crippen molar-refractivity contribution in [3.63, 3.8) is 0 Å². The molecule has 1 aliphatic carbocycles. The van der Waals surface area contributed by atoms with Crippen LogP contribution in [0.3, 0.4) is 0 Å². The van der Waals surface area contributed by atoms with Gasteiger partial charge in [-0.2, -0.15) is 0 Å². The number of hydrogen-bond acceptors (Lipinski definition) is 8. The van der Waals surface area contributed by atoms with E-state index in [-0.39, 0.29) is 42.0 Å². The SMILES string of the molecule is CCOc1ccc(C(=O)N(C[C@@H]2CNC[C@H]2CN(C(=O)O[C@@H]2CCOC2)C2CC2)C(C)C)cc1OCCCOC. The first-order chi connectivity index (χ1) is 19.4. The van der Waals surface area contributed by atoms with Crippen molar-refractivity contribution in [1.29, 1.82) is 0 Å². The van der Waals surface area contributed by atoms with Gasteiger partial charge in [0.1, 0.15) is 6.10 Å². The maximum Gasteiger partial charge on any atom is 0.410 e. The zero-order valence-electron chi connectivity index (χ0n) is 24.6. The van der Waals surface area contributed by atoms with Gasteiger partial charge in [-0.25, -0.2) is 4.79 Å². The lowest BCUT2D eigenvalue weighted by Gasteiger charge is -2.33. The van der Waals surface area contributed by atoms with Crippen LogP contribution < -0.4 is 14.8 Å². The summed E-state index contributed by atoms with van der Waals surface area (Å²) >= 11 is 0. The van der Waals surface area contributed by atoms with E-state index >= 15 is 0 Å². The van der Waals surface area contributed by atoms with E-state index in [0.717, 1.165) is 38.8 Å². The van der Waals surface area contributed by atoms with Gasteiger partial charge < -0.3 is 38.8 Å². The summed E-state index contributed by atoms with van der Waals surface area (Å²) in [6.45, 7) is 11.6. The van der Waals surface area contributed by atoms with Crippen molar-refractivity contribution in [2.75, 3.05) is 66.3 Å². The number of benzene rings is 1. The summed E-state index contributed by atoms with van der Waals surface area (Å²) in [5, 5.41) is 3.50. The summed E-state index contributed by atoms with van der Waals surface area (Å²) in [5.74, 6) is 1.62. The van der Waals surface area contributed by atoms with Crippen LogP contribution in [0.2, 0.25) is 0 Å². The first kappa shape index (κ1) is 30.4. The first-order valence-electron chi connectivity index (χ1n) is 14.9. The van der Waals surface area contributed by atoms with Gasteiger partial charge in [0.25, 0.3) is 5.91 Å². The van der Waals surface area contributed by atoms with Crippen LogP contribution in [0.1, 0.15) is 56.8 Å². The van der Waals surface area contributed by atoms with Crippen LogP contribution in [0, 0.1) is 11.8 Å². The third-order valence-corrected chi connectivity index (χ3v) is 7.84. The fourth-order valence-electron chi connectivity index (χ4n) is 5.40. The summed E-state index contributed by atoms with van der Waals surface area (Å²) < 4.78 is 28.0. The minimum atomic E-state index is -0.229. The van der Waals surface area contributed by atoms with Crippen molar-refractivity contribution < 1.29 is 33.3 Å². The summed E-state index contributed by atoms with van der Waals surface area (Å²) in [7, 11) is 1.66. The number of methoxy groups -OCH3 is 1. The monoisotopic (exact) mass is 561 g/mol. The van der Waals surface area contributed by atoms with Crippen LogP contribution in [0.4, 0.5) is 4.79 Å². The maximum atomic E-state index is 13.8. The van der Waals surface area contributed by atoms with Crippen molar-refractivity contribution >= 4 is 12.0 Å². The Labute approximate surface area is 238 Å². The number of hydrogen-bond donors (Lipinski definition) is 1. The highest BCUT2D eigenvalue weighted by atomic mass is 16.6. The normalized spacial score (nSPS) is 22.4. The van der Waals surface area contributed by atoms with Crippen molar-refractivity contribution in [2.45, 2.75) is 64.6 Å². The van der Waals surface area contributed by atoms with Crippen LogP contribution in [-0.4, -0.2) is 106 Å². The molecule has 3 fully saturated rings. The Kier molecular flexibility index (Phi) is 11.3. The predicted octanol–water partition coefficient (Wildman–Crippen LogP) is 3.58. The Hall–Kier alpha value is -2.56. The fraction of sp³-hybridized carbons (Fsp3) is 0.733. The van der Waals surface area contributed by atoms with Crippen molar-refractivity contribution in [1.82, 2.24) is 15.1 Å². The molecule has 1 N–H and O–H groups in total. The number of ether oxygens (including phenoxy) is 5. The van der Waals surface area contributed by atoms with Crippen molar-refractivity contribution in [2.24, 2.45) is 11.8 Å². The Morgan fingerprint density at radius 1 is 1.05 bits per heavy atom. The molecule has 1 saturated carbocycles. The van der Waals surface area contributed by atoms with Crippen molar-refractivity contribution in [3.8, 4) is 11.5 Å². The second-order valence-electron chi connectivity index (χ2n) is 11.3. The first-order valence-corrected chi connectivity index (χ1v) is 14.9. The highest BCUT2D eigenvalue weighted by molar-refractivity contribution is 5.95. The largest absolute Gasteiger partial charge is 0.490 e. The molecule has 0 spiro atoms. The molecule has 1 aromatic rings. The highest BCUT2D eigenvalue weighted by Gasteiger charge is 2.40. The zero-order valence-corrected chi connectivity index (χ0v) is 24.6. The Bertz CT molecular complexity index is 965. The molecule has 3 atom stereocenters. The molecule has 1 aromatic carbocycles. The molecule has 10 heteroatoms. The summed E-state index contributed by atoms with van der Waals surface area (Å²) in [5.41, 5.74) is 0.573. The van der Waals surface area contributed by atoms with Crippen molar-refractivity contribution in [3.05, 3.63) is 23.8 Å². The Morgan fingerprint density at radius 3 is 2.48 bits per heavy atom. The van der Waals surface area contributed by atoms with Gasteiger partial charge in [-0.05, 0) is 63.6 Å². The number of amides is 2. The number of nitrogens with one attached hydrogen (secondary N) is 1. The molecule has 0 unspecified atom stereocenters. The highest BCUT2D eigenvalue weighted by Crippen LogP contribution is 2.32. The molecule has 2 heterocycles. The summed E-state index contributed by atoms with van der Waals surface area (Å²) in [4.78, 5) is 30.7. The average Bonchev–Trinajstić information content (AvgIpc) is 3.46. The number of carbonyl (C=O) groups is 2. The molecule has 2 saturated heterocycles. The molecule has 2 amide bonds. The standard InChI is InChI=1S/C30H47N3O7/c1-5-38-27-10-7-22(15-28(27)39-13-6-12-36-4)29(34)32(21(2)3)18-23-16-31-17-24(23)19-33(25-8-9-25)30(35)40-26-11-14-37-20-26/h7,10,15,21,23-26,31H,5-6,8-9,11-14,16-20H2,1-4H3/t23-,24-,26+/m0/s1. The summed E-state index contributed by atoms with van der Waals surface area (Å²) in [6.07, 6.45) is 3.16. The van der Waals surface area contributed by atoms with E-state index in [4.69, 9.17) is 23.7 Å². The lowest BCUT2D eigenvalue weighted by Crippen LogP contribution is -2.45. The molecule has 3 aliphatic rings. The second-order valence-corrected chi connectivity index (χ2v) is 11.3. The second kappa shape index (κ2) is 14.9. The predicted molar refractivity (Wildman–Crippen MR) is 151 cm³/mol. The molecular formula is C30H47N3O7. The van der Waals surface area contributed by atoms with Crippen LogP contribution in [0.25, 0.3) is 0 Å². The lowest BCUT2D eigenvalue weighted by molar-refractivity contribution is 0.0454. The van der Waals surface area contributed by atoms with Gasteiger partial charge in [0.2, 0.25) is 0 Å². The van der Waals surface area contributed by atoms with Crippen LogP contribution >= 0.6 is 0 Å². The average molecular weight is 562 g/mol. The van der Waals surface area contributed by atoms with E-state index in [1.165, 1.54) is 0 Å². The smallest absolute Gasteiger partial charge is 0.410 e. The third kappa shape index (κ3) is 8.24. The van der Waals surface area contributed by atoms with Gasteiger partial charge in [-0.1, -0.05) is 0 Å². The van der Waals surface area contributed by atoms with Crippen LogP contribution in [0.5, 0.6) is 11.5 Å². The molecular weight excluding hydrogens is 514 g/mol. The molecule has 0 aromatic heterocycles. The zero-order chi connectivity index (χ0) is 28.5.